The molecule has 12 heteroatoms. The standard InChI is InChI=1S/C31H33N7O3S2/c1-4-40-29(39)26-28(38-16-14-22(15-17-38)41-19-21-10-6-5-7-11-21)43-31(33-26)37(3)25-18-20(2)27(36-35-25)34-30-32-23-12-8-9-13-24(23)42-30/h5-13,18,22H,4,14-17,19H2,1-3H3,(H,32,34,36). The topological polar surface area (TPSA) is 106 Å². The minimum atomic E-state index is -0.423. The molecule has 0 atom stereocenters. The maximum Gasteiger partial charge on any atom is 0.360 e. The van der Waals surface area contributed by atoms with Gasteiger partial charge < -0.3 is 24.6 Å². The summed E-state index contributed by atoms with van der Waals surface area (Å²) in [5.41, 5.74) is 3.36. The number of rotatable bonds is 10. The molecule has 43 heavy (non-hydrogen) atoms. The number of carbonyl (C=O) groups excluding carboxylic acids is 1. The SMILES string of the molecule is CCOC(=O)c1nc(N(C)c2cc(C)c(Nc3nc4ccccc4s3)nn2)sc1N1CCC(OCc2ccccc2)CC1. The van der Waals surface area contributed by atoms with E-state index in [0.717, 1.165) is 51.8 Å². The van der Waals surface area contributed by atoms with Crippen LogP contribution < -0.4 is 15.1 Å². The zero-order valence-electron chi connectivity index (χ0n) is 24.3. The van der Waals surface area contributed by atoms with E-state index in [1.807, 2.05) is 67.4 Å². The first-order chi connectivity index (χ1) is 21.0. The molecule has 1 N–H and O–H groups in total. The number of hydrogen-bond acceptors (Lipinski definition) is 12. The Kier molecular flexibility index (Phi) is 8.77. The third kappa shape index (κ3) is 6.61. The molecule has 0 saturated carbocycles. The number of aromatic nitrogens is 4. The number of ether oxygens (including phenoxy) is 2. The van der Waals surface area contributed by atoms with Crippen molar-refractivity contribution in [1.82, 2.24) is 20.2 Å². The zero-order valence-corrected chi connectivity index (χ0v) is 26.0. The van der Waals surface area contributed by atoms with Crippen LogP contribution in [0.15, 0.2) is 60.7 Å². The first kappa shape index (κ1) is 29.0. The summed E-state index contributed by atoms with van der Waals surface area (Å²) in [6.45, 7) is 6.19. The van der Waals surface area contributed by atoms with Crippen molar-refractivity contribution in [3.8, 4) is 0 Å². The van der Waals surface area contributed by atoms with E-state index in [2.05, 4.69) is 37.5 Å². The van der Waals surface area contributed by atoms with Gasteiger partial charge in [0.25, 0.3) is 0 Å². The summed E-state index contributed by atoms with van der Waals surface area (Å²) in [5, 5.41) is 14.4. The molecule has 222 valence electrons. The molecule has 1 saturated heterocycles. The lowest BCUT2D eigenvalue weighted by Gasteiger charge is -2.32. The smallest absolute Gasteiger partial charge is 0.360 e. The normalized spacial score (nSPS) is 13.8. The van der Waals surface area contributed by atoms with Crippen molar-refractivity contribution in [2.45, 2.75) is 39.4 Å². The Morgan fingerprint density at radius 3 is 2.56 bits per heavy atom. The molecule has 2 aromatic carbocycles. The fraction of sp³-hybridized carbons (Fsp3) is 0.323. The average Bonchev–Trinajstić information content (AvgIpc) is 3.66. The number of aryl methyl sites for hydroxylation is 1. The monoisotopic (exact) mass is 615 g/mol. The molecule has 4 heterocycles. The van der Waals surface area contributed by atoms with Crippen LogP contribution in [0.1, 0.15) is 41.4 Å². The van der Waals surface area contributed by atoms with Crippen molar-refractivity contribution in [2.75, 3.05) is 41.9 Å². The maximum absolute atomic E-state index is 13.0. The van der Waals surface area contributed by atoms with Gasteiger partial charge in [-0.3, -0.25) is 0 Å². The molecule has 3 aromatic heterocycles. The second-order valence-electron chi connectivity index (χ2n) is 10.3. The van der Waals surface area contributed by atoms with Gasteiger partial charge in [-0.1, -0.05) is 65.1 Å². The van der Waals surface area contributed by atoms with Gasteiger partial charge in [-0.2, -0.15) is 0 Å². The van der Waals surface area contributed by atoms with Crippen LogP contribution in [0.2, 0.25) is 0 Å². The quantitative estimate of drug-likeness (QED) is 0.170. The Hall–Kier alpha value is -4.13. The van der Waals surface area contributed by atoms with Crippen molar-refractivity contribution < 1.29 is 14.3 Å². The van der Waals surface area contributed by atoms with E-state index >= 15 is 0 Å². The zero-order chi connectivity index (χ0) is 29.8. The number of benzene rings is 2. The number of piperidine rings is 1. The van der Waals surface area contributed by atoms with Gasteiger partial charge in [0.15, 0.2) is 27.6 Å². The highest BCUT2D eigenvalue weighted by Crippen LogP contribution is 2.38. The number of anilines is 5. The molecule has 1 aliphatic heterocycles. The van der Waals surface area contributed by atoms with Crippen molar-refractivity contribution in [1.29, 1.82) is 0 Å². The molecule has 0 bridgehead atoms. The van der Waals surface area contributed by atoms with Crippen molar-refractivity contribution in [3.05, 3.63) is 77.5 Å². The summed E-state index contributed by atoms with van der Waals surface area (Å²) in [6.07, 6.45) is 1.91. The van der Waals surface area contributed by atoms with Crippen LogP contribution in [-0.2, 0) is 16.1 Å². The number of thiazole rings is 2. The van der Waals surface area contributed by atoms with Crippen LogP contribution in [0.4, 0.5) is 26.9 Å². The van der Waals surface area contributed by atoms with Gasteiger partial charge in [0.05, 0.1) is 29.5 Å². The van der Waals surface area contributed by atoms with Gasteiger partial charge in [-0.25, -0.2) is 14.8 Å². The minimum Gasteiger partial charge on any atom is -0.461 e. The molecule has 0 unspecified atom stereocenters. The largest absolute Gasteiger partial charge is 0.461 e. The van der Waals surface area contributed by atoms with E-state index < -0.39 is 5.97 Å². The second-order valence-corrected chi connectivity index (χ2v) is 12.2. The third-order valence-corrected chi connectivity index (χ3v) is 9.39. The minimum absolute atomic E-state index is 0.172. The fourth-order valence-corrected chi connectivity index (χ4v) is 6.83. The molecule has 0 aliphatic carbocycles. The molecule has 10 nitrogen and oxygen atoms in total. The number of para-hydroxylation sites is 1. The van der Waals surface area contributed by atoms with Crippen LogP contribution in [0, 0.1) is 6.92 Å². The summed E-state index contributed by atoms with van der Waals surface area (Å²) in [5.74, 6) is 0.838. The predicted molar refractivity (Wildman–Crippen MR) is 172 cm³/mol. The number of hydrogen-bond donors (Lipinski definition) is 1. The molecule has 1 fully saturated rings. The van der Waals surface area contributed by atoms with Gasteiger partial charge in [0.2, 0.25) is 0 Å². The van der Waals surface area contributed by atoms with E-state index in [1.54, 1.807) is 18.3 Å². The molecule has 0 spiro atoms. The summed E-state index contributed by atoms with van der Waals surface area (Å²) >= 11 is 3.03. The molecular formula is C31H33N7O3S2. The van der Waals surface area contributed by atoms with Crippen molar-refractivity contribution >= 4 is 65.8 Å². The van der Waals surface area contributed by atoms with E-state index in [9.17, 15) is 4.79 Å². The Balaban J connectivity index is 1.16. The number of esters is 1. The average molecular weight is 616 g/mol. The van der Waals surface area contributed by atoms with Crippen LogP contribution in [-0.4, -0.2) is 59.0 Å². The van der Waals surface area contributed by atoms with Gasteiger partial charge >= 0.3 is 5.97 Å². The molecule has 6 rings (SSSR count). The predicted octanol–water partition coefficient (Wildman–Crippen LogP) is 6.73. The summed E-state index contributed by atoms with van der Waals surface area (Å²) < 4.78 is 12.7. The number of nitrogens with zero attached hydrogens (tertiary/aromatic N) is 6. The fourth-order valence-electron chi connectivity index (χ4n) is 4.89. The van der Waals surface area contributed by atoms with Crippen LogP contribution in [0.25, 0.3) is 10.2 Å². The highest BCUT2D eigenvalue weighted by molar-refractivity contribution is 7.22. The first-order valence-corrected chi connectivity index (χ1v) is 15.9. The van der Waals surface area contributed by atoms with Gasteiger partial charge in [-0.05, 0) is 56.0 Å². The highest BCUT2D eigenvalue weighted by atomic mass is 32.1. The summed E-state index contributed by atoms with van der Waals surface area (Å²) in [4.78, 5) is 26.4. The Labute approximate surface area is 258 Å². The van der Waals surface area contributed by atoms with E-state index in [-0.39, 0.29) is 12.7 Å². The van der Waals surface area contributed by atoms with Gasteiger partial charge in [0, 0.05) is 20.1 Å². The third-order valence-electron chi connectivity index (χ3n) is 7.25. The lowest BCUT2D eigenvalue weighted by atomic mass is 10.1. The van der Waals surface area contributed by atoms with Crippen LogP contribution in [0.3, 0.4) is 0 Å². The van der Waals surface area contributed by atoms with Crippen LogP contribution in [0.5, 0.6) is 0 Å². The van der Waals surface area contributed by atoms with E-state index in [4.69, 9.17) is 14.5 Å². The van der Waals surface area contributed by atoms with Crippen molar-refractivity contribution in [3.63, 3.8) is 0 Å². The van der Waals surface area contributed by atoms with E-state index in [1.165, 1.54) is 16.9 Å². The number of nitrogens with one attached hydrogen (secondary N) is 1. The summed E-state index contributed by atoms with van der Waals surface area (Å²) in [6, 6.07) is 20.2. The number of carbonyl (C=O) groups is 1. The molecule has 5 aromatic rings. The molecule has 0 radical (unpaired) electrons. The Bertz CT molecular complexity index is 1670. The highest BCUT2D eigenvalue weighted by Gasteiger charge is 2.29. The molecule has 0 amide bonds. The van der Waals surface area contributed by atoms with E-state index in [0.29, 0.717) is 29.1 Å². The van der Waals surface area contributed by atoms with Gasteiger partial charge in [0.1, 0.15) is 5.00 Å². The summed E-state index contributed by atoms with van der Waals surface area (Å²) in [7, 11) is 1.88. The first-order valence-electron chi connectivity index (χ1n) is 14.3. The Morgan fingerprint density at radius 2 is 1.81 bits per heavy atom. The van der Waals surface area contributed by atoms with Gasteiger partial charge in [-0.15, -0.1) is 10.2 Å². The lowest BCUT2D eigenvalue weighted by Crippen LogP contribution is -2.37. The second kappa shape index (κ2) is 13.0. The van der Waals surface area contributed by atoms with Crippen molar-refractivity contribution in [2.24, 2.45) is 0 Å². The number of fused-ring (bicyclic) bond motifs is 1. The maximum atomic E-state index is 13.0. The Morgan fingerprint density at radius 1 is 1.05 bits per heavy atom. The molecular weight excluding hydrogens is 583 g/mol. The van der Waals surface area contributed by atoms with Crippen LogP contribution >= 0.6 is 22.7 Å². The molecule has 1 aliphatic rings. The lowest BCUT2D eigenvalue weighted by molar-refractivity contribution is 0.0251.